The lowest BCUT2D eigenvalue weighted by atomic mass is 10.1. The second kappa shape index (κ2) is 4.43. The number of hydrogen-bond acceptors (Lipinski definition) is 3. The van der Waals surface area contributed by atoms with Crippen LogP contribution in [0.1, 0.15) is 18.1 Å². The standard InChI is InChI=1S/C16H16N2O/c1-3-11-4-7-15-14(9-11)18-16(19-15)12-5-6-13(17)10(2)8-12/h4-9H,3,17H2,1-2H3. The summed E-state index contributed by atoms with van der Waals surface area (Å²) in [6.07, 6.45) is 0.999. The molecular formula is C16H16N2O. The van der Waals surface area contributed by atoms with E-state index in [2.05, 4.69) is 24.0 Å². The molecule has 2 aromatic carbocycles. The molecule has 2 N–H and O–H groups in total. The normalized spacial score (nSPS) is 11.1. The summed E-state index contributed by atoms with van der Waals surface area (Å²) in [4.78, 5) is 4.55. The van der Waals surface area contributed by atoms with Gasteiger partial charge in [0, 0.05) is 11.3 Å². The summed E-state index contributed by atoms with van der Waals surface area (Å²) >= 11 is 0. The fourth-order valence-electron chi connectivity index (χ4n) is 2.13. The van der Waals surface area contributed by atoms with E-state index in [0.717, 1.165) is 34.3 Å². The molecule has 0 spiro atoms. The number of nitrogen functional groups attached to an aromatic ring is 1. The Hall–Kier alpha value is -2.29. The Kier molecular flexibility index (Phi) is 2.75. The molecule has 3 heteroatoms. The van der Waals surface area contributed by atoms with Crippen molar-refractivity contribution in [2.75, 3.05) is 5.73 Å². The van der Waals surface area contributed by atoms with Crippen LogP contribution in [0.2, 0.25) is 0 Å². The first kappa shape index (κ1) is 11.8. The number of rotatable bonds is 2. The average Bonchev–Trinajstić information content (AvgIpc) is 2.84. The van der Waals surface area contributed by atoms with Crippen LogP contribution in [0.25, 0.3) is 22.6 Å². The lowest BCUT2D eigenvalue weighted by molar-refractivity contribution is 0.619. The molecule has 0 radical (unpaired) electrons. The van der Waals surface area contributed by atoms with Crippen LogP contribution in [-0.2, 0) is 6.42 Å². The van der Waals surface area contributed by atoms with Gasteiger partial charge < -0.3 is 10.2 Å². The number of hydrogen-bond donors (Lipinski definition) is 1. The van der Waals surface area contributed by atoms with Gasteiger partial charge in [0.1, 0.15) is 5.52 Å². The minimum absolute atomic E-state index is 0.645. The summed E-state index contributed by atoms with van der Waals surface area (Å²) in [5, 5.41) is 0. The molecule has 1 aromatic heterocycles. The second-order valence-corrected chi connectivity index (χ2v) is 4.75. The van der Waals surface area contributed by atoms with Crippen LogP contribution in [0, 0.1) is 6.92 Å². The number of anilines is 1. The van der Waals surface area contributed by atoms with Crippen molar-refractivity contribution in [1.82, 2.24) is 4.98 Å². The quantitative estimate of drug-likeness (QED) is 0.702. The Morgan fingerprint density at radius 3 is 2.74 bits per heavy atom. The molecule has 96 valence electrons. The largest absolute Gasteiger partial charge is 0.436 e. The van der Waals surface area contributed by atoms with Gasteiger partial charge in [0.15, 0.2) is 5.58 Å². The maximum Gasteiger partial charge on any atom is 0.227 e. The molecule has 0 aliphatic carbocycles. The number of aromatic nitrogens is 1. The Bertz CT molecular complexity index is 744. The van der Waals surface area contributed by atoms with Crippen LogP contribution < -0.4 is 5.73 Å². The van der Waals surface area contributed by atoms with Gasteiger partial charge in [-0.25, -0.2) is 4.98 Å². The molecule has 0 amide bonds. The van der Waals surface area contributed by atoms with Gasteiger partial charge in [-0.15, -0.1) is 0 Å². The van der Waals surface area contributed by atoms with Crippen LogP contribution in [0.4, 0.5) is 5.69 Å². The first-order valence-corrected chi connectivity index (χ1v) is 6.43. The first-order valence-electron chi connectivity index (χ1n) is 6.43. The highest BCUT2D eigenvalue weighted by Crippen LogP contribution is 2.27. The lowest BCUT2D eigenvalue weighted by Gasteiger charge is -2.00. The molecule has 0 aliphatic rings. The SMILES string of the molecule is CCc1ccc2oc(-c3ccc(N)c(C)c3)nc2c1. The number of aryl methyl sites for hydroxylation is 2. The molecule has 0 bridgehead atoms. The summed E-state index contributed by atoms with van der Waals surface area (Å²) < 4.78 is 5.80. The summed E-state index contributed by atoms with van der Waals surface area (Å²) in [6, 6.07) is 12.0. The number of nitrogens with zero attached hydrogens (tertiary/aromatic N) is 1. The zero-order valence-corrected chi connectivity index (χ0v) is 11.1. The van der Waals surface area contributed by atoms with Gasteiger partial charge in [-0.05, 0) is 54.8 Å². The summed E-state index contributed by atoms with van der Waals surface area (Å²) in [5.74, 6) is 0.645. The maximum atomic E-state index is 5.83. The minimum atomic E-state index is 0.645. The topological polar surface area (TPSA) is 52.0 Å². The van der Waals surface area contributed by atoms with Gasteiger partial charge in [-0.3, -0.25) is 0 Å². The number of benzene rings is 2. The van der Waals surface area contributed by atoms with Gasteiger partial charge in [0.05, 0.1) is 0 Å². The van der Waals surface area contributed by atoms with E-state index in [9.17, 15) is 0 Å². The molecule has 0 aliphatic heterocycles. The third-order valence-electron chi connectivity index (χ3n) is 3.38. The van der Waals surface area contributed by atoms with Crippen molar-refractivity contribution in [3.63, 3.8) is 0 Å². The summed E-state index contributed by atoms with van der Waals surface area (Å²) in [5.41, 5.74) is 11.6. The number of nitrogens with two attached hydrogens (primary N) is 1. The monoisotopic (exact) mass is 252 g/mol. The molecule has 3 nitrogen and oxygen atoms in total. The van der Waals surface area contributed by atoms with E-state index in [4.69, 9.17) is 10.2 Å². The van der Waals surface area contributed by atoms with Gasteiger partial charge in [0.25, 0.3) is 0 Å². The third kappa shape index (κ3) is 2.08. The van der Waals surface area contributed by atoms with E-state index in [1.807, 2.05) is 31.2 Å². The van der Waals surface area contributed by atoms with Crippen molar-refractivity contribution in [3.8, 4) is 11.5 Å². The van der Waals surface area contributed by atoms with Crippen molar-refractivity contribution < 1.29 is 4.42 Å². The van der Waals surface area contributed by atoms with Gasteiger partial charge in [-0.1, -0.05) is 13.0 Å². The number of oxazole rings is 1. The Labute approximate surface area is 112 Å². The van der Waals surface area contributed by atoms with Crippen LogP contribution in [-0.4, -0.2) is 4.98 Å². The molecule has 0 fully saturated rings. The Morgan fingerprint density at radius 2 is 2.00 bits per heavy atom. The summed E-state index contributed by atoms with van der Waals surface area (Å²) in [7, 11) is 0. The lowest BCUT2D eigenvalue weighted by Crippen LogP contribution is -1.89. The van der Waals surface area contributed by atoms with E-state index >= 15 is 0 Å². The van der Waals surface area contributed by atoms with Crippen LogP contribution in [0.5, 0.6) is 0 Å². The summed E-state index contributed by atoms with van der Waals surface area (Å²) in [6.45, 7) is 4.11. The highest BCUT2D eigenvalue weighted by molar-refractivity contribution is 5.77. The van der Waals surface area contributed by atoms with Crippen molar-refractivity contribution in [1.29, 1.82) is 0 Å². The van der Waals surface area contributed by atoms with Crippen LogP contribution >= 0.6 is 0 Å². The fraction of sp³-hybridized carbons (Fsp3) is 0.188. The maximum absolute atomic E-state index is 5.83. The number of fused-ring (bicyclic) bond motifs is 1. The van der Waals surface area contributed by atoms with Crippen molar-refractivity contribution >= 4 is 16.8 Å². The highest BCUT2D eigenvalue weighted by Gasteiger charge is 2.09. The molecule has 0 unspecified atom stereocenters. The Balaban J connectivity index is 2.11. The average molecular weight is 252 g/mol. The fourth-order valence-corrected chi connectivity index (χ4v) is 2.13. The van der Waals surface area contributed by atoms with Gasteiger partial charge >= 0.3 is 0 Å². The predicted molar refractivity (Wildman–Crippen MR) is 78.0 cm³/mol. The van der Waals surface area contributed by atoms with E-state index < -0.39 is 0 Å². The van der Waals surface area contributed by atoms with E-state index in [0.29, 0.717) is 5.89 Å². The van der Waals surface area contributed by atoms with Crippen molar-refractivity contribution in [3.05, 3.63) is 47.5 Å². The zero-order chi connectivity index (χ0) is 13.4. The minimum Gasteiger partial charge on any atom is -0.436 e. The van der Waals surface area contributed by atoms with Crippen molar-refractivity contribution in [2.24, 2.45) is 0 Å². The van der Waals surface area contributed by atoms with E-state index in [-0.39, 0.29) is 0 Å². The highest BCUT2D eigenvalue weighted by atomic mass is 16.3. The van der Waals surface area contributed by atoms with E-state index in [1.54, 1.807) is 0 Å². The molecular weight excluding hydrogens is 236 g/mol. The van der Waals surface area contributed by atoms with Crippen LogP contribution in [0.15, 0.2) is 40.8 Å². The molecule has 3 rings (SSSR count). The molecule has 0 atom stereocenters. The molecule has 19 heavy (non-hydrogen) atoms. The smallest absolute Gasteiger partial charge is 0.227 e. The van der Waals surface area contributed by atoms with Crippen LogP contribution in [0.3, 0.4) is 0 Å². The molecule has 1 heterocycles. The zero-order valence-electron chi connectivity index (χ0n) is 11.1. The van der Waals surface area contributed by atoms with Gasteiger partial charge in [-0.2, -0.15) is 0 Å². The molecule has 0 saturated heterocycles. The Morgan fingerprint density at radius 1 is 1.16 bits per heavy atom. The van der Waals surface area contributed by atoms with Crippen molar-refractivity contribution in [2.45, 2.75) is 20.3 Å². The predicted octanol–water partition coefficient (Wildman–Crippen LogP) is 3.95. The van der Waals surface area contributed by atoms with E-state index in [1.165, 1.54) is 5.56 Å². The first-order chi connectivity index (χ1) is 9.17. The third-order valence-corrected chi connectivity index (χ3v) is 3.38. The molecule has 3 aromatic rings. The van der Waals surface area contributed by atoms with Gasteiger partial charge in [0.2, 0.25) is 5.89 Å². The molecule has 0 saturated carbocycles. The second-order valence-electron chi connectivity index (χ2n) is 4.75.